The predicted octanol–water partition coefficient (Wildman–Crippen LogP) is 3.27. The van der Waals surface area contributed by atoms with E-state index in [1.54, 1.807) is 6.92 Å². The molecule has 5 nitrogen and oxygen atoms in total. The first-order valence-electron chi connectivity index (χ1n) is 7.00. The average Bonchev–Trinajstić information content (AvgIpc) is 2.49. The molecule has 118 valence electrons. The zero-order chi connectivity index (χ0) is 16.7. The standard InChI is InChI=1S/C16H19ClN2O3/c1-4-10(3)19-16(21)12(9-18)6-11-7-13(17)15(20)14(8-11)22-5-2/h6-8,10,20H,4-5H2,1-3H3,(H,19,21)/b12-6+/t10-/m1/s1. The Morgan fingerprint density at radius 3 is 2.77 bits per heavy atom. The van der Waals surface area contributed by atoms with E-state index in [2.05, 4.69) is 5.32 Å². The smallest absolute Gasteiger partial charge is 0.262 e. The first kappa shape index (κ1) is 17.9. The molecule has 0 spiro atoms. The number of nitriles is 1. The van der Waals surface area contributed by atoms with Crippen molar-refractivity contribution >= 4 is 23.6 Å². The summed E-state index contributed by atoms with van der Waals surface area (Å²) in [6.45, 7) is 5.93. The largest absolute Gasteiger partial charge is 0.503 e. The number of amides is 1. The minimum atomic E-state index is -0.445. The molecule has 0 unspecified atom stereocenters. The topological polar surface area (TPSA) is 82.3 Å². The second-order valence-electron chi connectivity index (χ2n) is 4.74. The summed E-state index contributed by atoms with van der Waals surface area (Å²) in [6, 6.07) is 4.84. The molecule has 0 aliphatic heterocycles. The quantitative estimate of drug-likeness (QED) is 0.622. The van der Waals surface area contributed by atoms with Crippen molar-refractivity contribution in [2.75, 3.05) is 6.61 Å². The molecular formula is C16H19ClN2O3. The molecule has 0 fully saturated rings. The van der Waals surface area contributed by atoms with Crippen LogP contribution in [0.4, 0.5) is 0 Å². The third kappa shape index (κ3) is 4.68. The highest BCUT2D eigenvalue weighted by molar-refractivity contribution is 6.32. The Kier molecular flexibility index (Phi) is 6.74. The van der Waals surface area contributed by atoms with E-state index in [-0.39, 0.29) is 28.1 Å². The molecule has 2 N–H and O–H groups in total. The van der Waals surface area contributed by atoms with Crippen molar-refractivity contribution in [3.05, 3.63) is 28.3 Å². The van der Waals surface area contributed by atoms with Gasteiger partial charge in [-0.3, -0.25) is 4.79 Å². The molecular weight excluding hydrogens is 304 g/mol. The maximum atomic E-state index is 12.0. The fourth-order valence-electron chi connectivity index (χ4n) is 1.66. The monoisotopic (exact) mass is 322 g/mol. The van der Waals surface area contributed by atoms with Crippen LogP contribution in [0, 0.1) is 11.3 Å². The summed E-state index contributed by atoms with van der Waals surface area (Å²) in [5.41, 5.74) is 0.464. The van der Waals surface area contributed by atoms with Crippen molar-refractivity contribution in [1.82, 2.24) is 5.32 Å². The zero-order valence-corrected chi connectivity index (χ0v) is 13.6. The van der Waals surface area contributed by atoms with E-state index in [0.717, 1.165) is 6.42 Å². The van der Waals surface area contributed by atoms with E-state index in [0.29, 0.717) is 12.2 Å². The van der Waals surface area contributed by atoms with Gasteiger partial charge in [0.05, 0.1) is 11.6 Å². The van der Waals surface area contributed by atoms with Gasteiger partial charge >= 0.3 is 0 Å². The molecule has 0 saturated carbocycles. The van der Waals surface area contributed by atoms with Gasteiger partial charge in [-0.1, -0.05) is 18.5 Å². The normalized spacial score (nSPS) is 12.4. The second kappa shape index (κ2) is 8.30. The second-order valence-corrected chi connectivity index (χ2v) is 5.14. The maximum absolute atomic E-state index is 12.0. The number of ether oxygens (including phenoxy) is 1. The summed E-state index contributed by atoms with van der Waals surface area (Å²) in [6.07, 6.45) is 2.18. The van der Waals surface area contributed by atoms with E-state index in [4.69, 9.17) is 21.6 Å². The van der Waals surface area contributed by atoms with Crippen LogP contribution in [0.5, 0.6) is 11.5 Å². The number of carbonyl (C=O) groups is 1. The van der Waals surface area contributed by atoms with Gasteiger partial charge in [-0.05, 0) is 44.0 Å². The number of benzene rings is 1. The van der Waals surface area contributed by atoms with Crippen LogP contribution in [0.2, 0.25) is 5.02 Å². The van der Waals surface area contributed by atoms with Gasteiger partial charge in [0.15, 0.2) is 11.5 Å². The Hall–Kier alpha value is -2.19. The van der Waals surface area contributed by atoms with Crippen molar-refractivity contribution in [3.63, 3.8) is 0 Å². The lowest BCUT2D eigenvalue weighted by molar-refractivity contribution is -0.117. The summed E-state index contributed by atoms with van der Waals surface area (Å²) >= 11 is 5.92. The van der Waals surface area contributed by atoms with Crippen molar-refractivity contribution in [2.24, 2.45) is 0 Å². The van der Waals surface area contributed by atoms with E-state index < -0.39 is 5.91 Å². The van der Waals surface area contributed by atoms with Crippen LogP contribution in [-0.4, -0.2) is 23.7 Å². The van der Waals surface area contributed by atoms with Gasteiger partial charge in [0.1, 0.15) is 11.6 Å². The highest BCUT2D eigenvalue weighted by Gasteiger charge is 2.13. The Bertz CT molecular complexity index is 621. The molecule has 22 heavy (non-hydrogen) atoms. The number of carbonyl (C=O) groups excluding carboxylic acids is 1. The van der Waals surface area contributed by atoms with Gasteiger partial charge in [-0.25, -0.2) is 0 Å². The van der Waals surface area contributed by atoms with E-state index in [9.17, 15) is 9.90 Å². The first-order valence-corrected chi connectivity index (χ1v) is 7.38. The molecule has 0 aromatic heterocycles. The van der Waals surface area contributed by atoms with Gasteiger partial charge in [-0.15, -0.1) is 0 Å². The van der Waals surface area contributed by atoms with Crippen LogP contribution >= 0.6 is 11.6 Å². The summed E-state index contributed by atoms with van der Waals surface area (Å²) in [5.74, 6) is -0.400. The number of phenolic OH excluding ortho intramolecular Hbond substituents is 1. The Morgan fingerprint density at radius 2 is 2.23 bits per heavy atom. The molecule has 6 heteroatoms. The van der Waals surface area contributed by atoms with Crippen molar-refractivity contribution < 1.29 is 14.6 Å². The summed E-state index contributed by atoms with van der Waals surface area (Å²) in [4.78, 5) is 12.0. The number of nitrogens with one attached hydrogen (secondary N) is 1. The third-order valence-corrected chi connectivity index (χ3v) is 3.30. The fourth-order valence-corrected chi connectivity index (χ4v) is 1.88. The molecule has 1 aromatic carbocycles. The summed E-state index contributed by atoms with van der Waals surface area (Å²) in [7, 11) is 0. The molecule has 0 bridgehead atoms. The van der Waals surface area contributed by atoms with E-state index in [1.165, 1.54) is 18.2 Å². The Labute approximate surface area is 135 Å². The number of hydrogen-bond donors (Lipinski definition) is 2. The minimum Gasteiger partial charge on any atom is -0.503 e. The Balaban J connectivity index is 3.13. The van der Waals surface area contributed by atoms with Gasteiger partial charge in [0.2, 0.25) is 0 Å². The molecule has 1 atom stereocenters. The van der Waals surface area contributed by atoms with Crippen molar-refractivity contribution in [3.8, 4) is 17.6 Å². The van der Waals surface area contributed by atoms with Gasteiger partial charge < -0.3 is 15.2 Å². The molecule has 0 aliphatic rings. The number of hydrogen-bond acceptors (Lipinski definition) is 4. The van der Waals surface area contributed by atoms with Crippen LogP contribution in [-0.2, 0) is 4.79 Å². The minimum absolute atomic E-state index is 0.0216. The van der Waals surface area contributed by atoms with Crippen molar-refractivity contribution in [1.29, 1.82) is 5.26 Å². The van der Waals surface area contributed by atoms with Crippen LogP contribution in [0.15, 0.2) is 17.7 Å². The third-order valence-electron chi connectivity index (χ3n) is 3.02. The number of nitrogens with zero attached hydrogens (tertiary/aromatic N) is 1. The van der Waals surface area contributed by atoms with Gasteiger partial charge in [-0.2, -0.15) is 5.26 Å². The fraction of sp³-hybridized carbons (Fsp3) is 0.375. The summed E-state index contributed by atoms with van der Waals surface area (Å²) < 4.78 is 5.27. The van der Waals surface area contributed by atoms with E-state index in [1.807, 2.05) is 19.9 Å². The number of halogens is 1. The number of phenols is 1. The van der Waals surface area contributed by atoms with Crippen LogP contribution in [0.1, 0.15) is 32.8 Å². The van der Waals surface area contributed by atoms with Crippen LogP contribution in [0.25, 0.3) is 6.08 Å². The van der Waals surface area contributed by atoms with Crippen LogP contribution < -0.4 is 10.1 Å². The Morgan fingerprint density at radius 1 is 1.55 bits per heavy atom. The molecule has 0 aliphatic carbocycles. The SMILES string of the molecule is CCOc1cc(/C=C(\C#N)C(=O)N[C@H](C)CC)cc(Cl)c1O. The number of aromatic hydroxyl groups is 1. The zero-order valence-electron chi connectivity index (χ0n) is 12.8. The predicted molar refractivity (Wildman–Crippen MR) is 85.8 cm³/mol. The first-order chi connectivity index (χ1) is 10.4. The lowest BCUT2D eigenvalue weighted by atomic mass is 10.1. The summed E-state index contributed by atoms with van der Waals surface area (Å²) in [5, 5.41) is 21.7. The highest BCUT2D eigenvalue weighted by atomic mass is 35.5. The molecule has 0 heterocycles. The van der Waals surface area contributed by atoms with Crippen LogP contribution in [0.3, 0.4) is 0 Å². The molecule has 1 amide bonds. The average molecular weight is 323 g/mol. The maximum Gasteiger partial charge on any atom is 0.262 e. The van der Waals surface area contributed by atoms with Crippen molar-refractivity contribution in [2.45, 2.75) is 33.2 Å². The van der Waals surface area contributed by atoms with E-state index >= 15 is 0 Å². The number of rotatable bonds is 6. The van der Waals surface area contributed by atoms with Gasteiger partial charge in [0, 0.05) is 6.04 Å². The molecule has 1 aromatic rings. The lowest BCUT2D eigenvalue weighted by Crippen LogP contribution is -2.32. The van der Waals surface area contributed by atoms with Gasteiger partial charge in [0.25, 0.3) is 5.91 Å². The molecule has 1 rings (SSSR count). The molecule has 0 saturated heterocycles. The highest BCUT2D eigenvalue weighted by Crippen LogP contribution is 2.35. The lowest BCUT2D eigenvalue weighted by Gasteiger charge is -2.11. The molecule has 0 radical (unpaired) electrons.